The van der Waals surface area contributed by atoms with Crippen LogP contribution in [-0.4, -0.2) is 97.9 Å². The highest BCUT2D eigenvalue weighted by molar-refractivity contribution is 6.02. The predicted molar refractivity (Wildman–Crippen MR) is 345 cm³/mol. The lowest BCUT2D eigenvalue weighted by Crippen LogP contribution is -2.74. The van der Waals surface area contributed by atoms with Crippen LogP contribution < -0.4 is 5.32 Å². The van der Waals surface area contributed by atoms with Crippen molar-refractivity contribution in [2.24, 2.45) is 68.0 Å². The SMILES string of the molecule is CNCCC1(C)C(=O)C2c3cc[nH]c3C3CCC2(C3)C2(C)C1CCC1(C)C2C(O)C2Cn3cc(C4C(=O)C(CCC(C)C)Cc5c4cc4c(c5C5(O)CCOCC5)CCC5CCCCC45)c4[nH]cc(c43)CCC(C)(CC(O)C3OC3(C)C)C3=C2C1(C)CC3=O. The first-order chi connectivity index (χ1) is 42.4. The highest BCUT2D eigenvalue weighted by Crippen LogP contribution is 2.84. The molecular weight excluding hydrogens is 1110 g/mol. The number of fused-ring (bicyclic) bond motifs is 12. The minimum absolute atomic E-state index is 0.00697. The number of aryl methyl sites for hydroxylation is 1. The predicted octanol–water partition coefficient (Wildman–Crippen LogP) is 13.3. The summed E-state index contributed by atoms with van der Waals surface area (Å²) in [7, 11) is 2.00. The second-order valence-electron chi connectivity index (χ2n) is 34.3. The zero-order valence-corrected chi connectivity index (χ0v) is 55.4. The quantitative estimate of drug-likeness (QED) is 0.0796. The van der Waals surface area contributed by atoms with Gasteiger partial charge in [-0.1, -0.05) is 73.8 Å². The molecular formula is C77H104N4O8. The highest BCUT2D eigenvalue weighted by atomic mass is 16.6. The smallest absolute Gasteiger partial charge is 0.160 e. The maximum atomic E-state index is 16.4. The number of nitrogens with zero attached hydrogens (tertiary/aromatic N) is 1. The molecule has 1 spiro atoms. The molecule has 3 aliphatic heterocycles. The van der Waals surface area contributed by atoms with Crippen LogP contribution in [0.4, 0.5) is 0 Å². The van der Waals surface area contributed by atoms with Crippen LogP contribution in [-0.2, 0) is 55.3 Å². The van der Waals surface area contributed by atoms with Gasteiger partial charge in [-0.2, -0.15) is 0 Å². The number of H-pyrrole nitrogens is 2. The Bertz CT molecular complexity index is 3630. The summed E-state index contributed by atoms with van der Waals surface area (Å²) in [5.41, 5.74) is 9.61. The molecule has 3 aromatic heterocycles. The number of aromatic nitrogens is 3. The molecule has 4 aromatic rings. The van der Waals surface area contributed by atoms with E-state index < -0.39 is 67.7 Å². The van der Waals surface area contributed by atoms with Crippen LogP contribution in [0.3, 0.4) is 0 Å². The van der Waals surface area contributed by atoms with E-state index in [0.717, 1.165) is 122 Å². The summed E-state index contributed by atoms with van der Waals surface area (Å²) >= 11 is 0. The number of aliphatic hydroxyl groups is 3. The summed E-state index contributed by atoms with van der Waals surface area (Å²) in [5, 5.41) is 44.2. The number of rotatable bonds is 11. The van der Waals surface area contributed by atoms with Gasteiger partial charge in [0.2, 0.25) is 0 Å². The zero-order valence-electron chi connectivity index (χ0n) is 55.4. The lowest BCUT2D eigenvalue weighted by Gasteiger charge is -2.76. The number of epoxide rings is 1. The monoisotopic (exact) mass is 1210 g/mol. The third-order valence-electron chi connectivity index (χ3n) is 29.4. The molecule has 12 aliphatic rings. The van der Waals surface area contributed by atoms with E-state index in [0.29, 0.717) is 94.2 Å². The van der Waals surface area contributed by atoms with Crippen LogP contribution in [0, 0.1) is 68.0 Å². The largest absolute Gasteiger partial charge is 0.392 e. The standard InChI is InChI=1S/C77H104N4O8/c1-41(2)15-16-43-33-51-50(34-49-46-14-12-11-13-42(46)17-18-47(49)58(51)77(87)27-31-88-32-28-77)57(65(43)84)52-39-81-40-53-59-61(71(5,36-55(83)69-70(3,4)89-69)23-19-45-38-80-63(52)64(45)81)54(82)37-74(59,8)73(7)24-21-56-72(6,26-30-78-10)68(86)60-48-22-29-79-62(48)44-20-25-76(60,35-44)75(56,9)67(73)66(53)85/h22,29,34,38-39,41-44,46,53,55-57,60,66-67,69,78-80,83,85,87H,11-21,23-28,30-33,35-37,40H2,1-10H3. The number of Topliss-reactive ketones (excluding diaryl/α,β-unsaturated/α-hetero) is 3. The van der Waals surface area contributed by atoms with Gasteiger partial charge in [0.05, 0.1) is 46.3 Å². The Labute approximate surface area is 528 Å². The number of aliphatic hydroxyl groups excluding tert-OH is 2. The average Bonchev–Trinajstić information content (AvgIpc) is 1.64. The molecule has 2 saturated heterocycles. The van der Waals surface area contributed by atoms with Gasteiger partial charge < -0.3 is 44.6 Å². The number of carbonyl (C=O) groups is 3. The van der Waals surface area contributed by atoms with Crippen molar-refractivity contribution in [2.45, 2.75) is 257 Å². The summed E-state index contributed by atoms with van der Waals surface area (Å²) in [6, 6.07) is 4.73. The van der Waals surface area contributed by atoms with Crippen LogP contribution in [0.1, 0.15) is 252 Å². The van der Waals surface area contributed by atoms with E-state index in [9.17, 15) is 15.3 Å². The fourth-order valence-electron chi connectivity index (χ4n) is 25.1. The summed E-state index contributed by atoms with van der Waals surface area (Å²) in [6.45, 7) is 22.8. The van der Waals surface area contributed by atoms with Crippen molar-refractivity contribution >= 4 is 28.4 Å². The molecule has 0 amide bonds. The van der Waals surface area contributed by atoms with Gasteiger partial charge in [-0.3, -0.25) is 14.4 Å². The van der Waals surface area contributed by atoms with Crippen molar-refractivity contribution in [3.8, 4) is 0 Å². The van der Waals surface area contributed by atoms with Crippen molar-refractivity contribution in [3.63, 3.8) is 0 Å². The molecule has 6 N–H and O–H groups in total. The number of ketones is 3. The van der Waals surface area contributed by atoms with Gasteiger partial charge in [-0.05, 0) is 232 Å². The Morgan fingerprint density at radius 1 is 0.865 bits per heavy atom. The minimum Gasteiger partial charge on any atom is -0.392 e. The number of hydrogen-bond acceptors (Lipinski definition) is 9. The summed E-state index contributed by atoms with van der Waals surface area (Å²) in [5.74, 6) is 0.692. The lowest BCUT2D eigenvalue weighted by molar-refractivity contribution is -0.267. The number of allylic oxidation sites excluding steroid dienone is 1. The first-order valence-electron chi connectivity index (χ1n) is 35.8. The molecule has 5 saturated carbocycles. The van der Waals surface area contributed by atoms with Crippen molar-refractivity contribution in [1.82, 2.24) is 19.9 Å². The molecule has 480 valence electrons. The maximum absolute atomic E-state index is 16.4. The Kier molecular flexibility index (Phi) is 13.6. The van der Waals surface area contributed by atoms with Crippen LogP contribution in [0.15, 0.2) is 41.9 Å². The van der Waals surface area contributed by atoms with E-state index in [1.54, 1.807) is 0 Å². The molecule has 1 aromatic carbocycles. The second-order valence-corrected chi connectivity index (χ2v) is 34.3. The average molecular weight is 1210 g/mol. The van der Waals surface area contributed by atoms with Gasteiger partial charge in [-0.15, -0.1) is 0 Å². The van der Waals surface area contributed by atoms with E-state index in [-0.39, 0.29) is 41.3 Å². The van der Waals surface area contributed by atoms with Gasteiger partial charge in [0.1, 0.15) is 17.7 Å². The molecule has 12 nitrogen and oxygen atoms in total. The van der Waals surface area contributed by atoms with E-state index in [2.05, 4.69) is 99.0 Å². The van der Waals surface area contributed by atoms with Crippen LogP contribution >= 0.6 is 0 Å². The normalized spacial score (nSPS) is 41.7. The first kappa shape index (κ1) is 59.8. The van der Waals surface area contributed by atoms with Gasteiger partial charge in [0.15, 0.2) is 5.78 Å². The first-order valence-corrected chi connectivity index (χ1v) is 35.8. The lowest BCUT2D eigenvalue weighted by atomic mass is 9.28. The van der Waals surface area contributed by atoms with E-state index in [1.807, 2.05) is 20.9 Å². The minimum atomic E-state index is -1.05. The van der Waals surface area contributed by atoms with E-state index >= 15 is 14.4 Å². The molecule has 89 heavy (non-hydrogen) atoms. The number of benzene rings is 1. The molecule has 16 rings (SSSR count). The molecule has 6 heterocycles. The van der Waals surface area contributed by atoms with Crippen LogP contribution in [0.25, 0.3) is 11.0 Å². The maximum Gasteiger partial charge on any atom is 0.160 e. The van der Waals surface area contributed by atoms with Crippen molar-refractivity contribution in [2.75, 3.05) is 26.8 Å². The van der Waals surface area contributed by atoms with Crippen molar-refractivity contribution < 1.29 is 39.2 Å². The Morgan fingerprint density at radius 3 is 2.39 bits per heavy atom. The van der Waals surface area contributed by atoms with Gasteiger partial charge in [0, 0.05) is 97.1 Å². The van der Waals surface area contributed by atoms with Gasteiger partial charge >= 0.3 is 0 Å². The van der Waals surface area contributed by atoms with Gasteiger partial charge in [-0.25, -0.2) is 0 Å². The summed E-state index contributed by atoms with van der Waals surface area (Å²) in [6.07, 6.45) is 22.1. The number of aromatic amines is 2. The van der Waals surface area contributed by atoms with Crippen molar-refractivity contribution in [1.29, 1.82) is 0 Å². The summed E-state index contributed by atoms with van der Waals surface area (Å²) < 4.78 is 14.7. The third-order valence-corrected chi connectivity index (χ3v) is 29.4. The Balaban J connectivity index is 0.915. The van der Waals surface area contributed by atoms with E-state index in [1.165, 1.54) is 47.2 Å². The fraction of sp³-hybridized carbons (Fsp3) is 0.727. The molecule has 9 aliphatic carbocycles. The second kappa shape index (κ2) is 20.2. The zero-order chi connectivity index (χ0) is 62.1. The highest BCUT2D eigenvalue weighted by Gasteiger charge is 2.80. The van der Waals surface area contributed by atoms with Gasteiger partial charge in [0.25, 0.3) is 0 Å². The number of nitrogens with one attached hydrogen (secondary N) is 3. The van der Waals surface area contributed by atoms with Crippen LogP contribution in [0.5, 0.6) is 0 Å². The third kappa shape index (κ3) is 8.00. The molecule has 7 fully saturated rings. The Morgan fingerprint density at radius 2 is 1.64 bits per heavy atom. The van der Waals surface area contributed by atoms with E-state index in [4.69, 9.17) is 9.47 Å². The van der Waals surface area contributed by atoms with Crippen molar-refractivity contribution in [3.05, 3.63) is 92.1 Å². The molecule has 0 radical (unpaired) electrons. The Hall–Kier alpha value is -4.17. The molecule has 12 heteroatoms. The number of ether oxygens (including phenoxy) is 2. The topological polar surface area (TPSA) is 182 Å². The fourth-order valence-corrected chi connectivity index (χ4v) is 25.1. The summed E-state index contributed by atoms with van der Waals surface area (Å²) in [4.78, 5) is 56.3. The molecule has 2 bridgehead atoms. The molecule has 18 unspecified atom stereocenters. The van der Waals surface area contributed by atoms with Crippen LogP contribution in [0.2, 0.25) is 0 Å². The number of carbonyl (C=O) groups excluding carboxylic acids is 3. The molecule has 18 atom stereocenters. The number of hydrogen-bond donors (Lipinski definition) is 6.